The van der Waals surface area contributed by atoms with Crippen LogP contribution >= 0.6 is 11.3 Å². The molecule has 8 heteroatoms. The van der Waals surface area contributed by atoms with E-state index < -0.39 is 17.6 Å². The van der Waals surface area contributed by atoms with E-state index in [1.54, 1.807) is 6.20 Å². The molecule has 0 aliphatic rings. The zero-order chi connectivity index (χ0) is 15.0. The number of imidazole rings is 1. The van der Waals surface area contributed by atoms with E-state index in [0.717, 1.165) is 17.1 Å². The van der Waals surface area contributed by atoms with Crippen molar-refractivity contribution in [2.75, 3.05) is 5.32 Å². The molecule has 3 aromatic rings. The zero-order valence-electron chi connectivity index (χ0n) is 10.5. The Hall–Kier alpha value is -2.09. The van der Waals surface area contributed by atoms with Gasteiger partial charge < -0.3 is 5.32 Å². The van der Waals surface area contributed by atoms with Crippen LogP contribution in [0.25, 0.3) is 4.96 Å². The van der Waals surface area contributed by atoms with Crippen molar-refractivity contribution in [2.45, 2.75) is 12.7 Å². The van der Waals surface area contributed by atoms with Crippen molar-refractivity contribution >= 4 is 22.0 Å². The monoisotopic (exact) mass is 315 g/mol. The minimum atomic E-state index is -4.71. The first-order chi connectivity index (χ1) is 9.93. The third kappa shape index (κ3) is 2.85. The molecule has 0 aliphatic carbocycles. The second-order valence-electron chi connectivity index (χ2n) is 4.37. The van der Waals surface area contributed by atoms with Crippen molar-refractivity contribution in [3.8, 4) is 0 Å². The number of benzene rings is 1. The number of hydrogen-bond donors (Lipinski definition) is 1. The summed E-state index contributed by atoms with van der Waals surface area (Å²) < 4.78 is 52.8. The molecule has 1 N–H and O–H groups in total. The maximum Gasteiger partial charge on any atom is 0.419 e. The molecule has 3 nitrogen and oxygen atoms in total. The van der Waals surface area contributed by atoms with Gasteiger partial charge in [-0.25, -0.2) is 9.37 Å². The van der Waals surface area contributed by atoms with E-state index in [4.69, 9.17) is 0 Å². The lowest BCUT2D eigenvalue weighted by atomic mass is 10.2. The van der Waals surface area contributed by atoms with E-state index >= 15 is 0 Å². The molecule has 21 heavy (non-hydrogen) atoms. The summed E-state index contributed by atoms with van der Waals surface area (Å²) in [6.07, 6.45) is -1.08. The lowest BCUT2D eigenvalue weighted by Gasteiger charge is -2.11. The largest absolute Gasteiger partial charge is 0.419 e. The molecule has 0 aliphatic heterocycles. The van der Waals surface area contributed by atoms with Crippen LogP contribution in [0, 0.1) is 5.82 Å². The Balaban J connectivity index is 1.77. The van der Waals surface area contributed by atoms with Crippen molar-refractivity contribution in [2.24, 2.45) is 0 Å². The quantitative estimate of drug-likeness (QED) is 0.735. The maximum atomic E-state index is 13.2. The van der Waals surface area contributed by atoms with Crippen LogP contribution in [0.4, 0.5) is 23.2 Å². The smallest absolute Gasteiger partial charge is 0.379 e. The van der Waals surface area contributed by atoms with Crippen LogP contribution in [0.5, 0.6) is 0 Å². The van der Waals surface area contributed by atoms with Crippen LogP contribution in [0.3, 0.4) is 0 Å². The number of nitrogens with one attached hydrogen (secondary N) is 1. The standard InChI is InChI=1S/C13H9F4N3S/c14-11-2-1-8(5-10(11)13(15,16)17)18-6-9-7-20-3-4-21-12(20)19-9/h1-5,7,18H,6H2. The van der Waals surface area contributed by atoms with Gasteiger partial charge in [-0.3, -0.25) is 4.40 Å². The summed E-state index contributed by atoms with van der Waals surface area (Å²) in [4.78, 5) is 5.11. The van der Waals surface area contributed by atoms with Crippen molar-refractivity contribution < 1.29 is 17.6 Å². The molecule has 110 valence electrons. The number of aromatic nitrogens is 2. The molecule has 2 heterocycles. The van der Waals surface area contributed by atoms with Gasteiger partial charge in [-0.05, 0) is 18.2 Å². The molecule has 0 fully saturated rings. The van der Waals surface area contributed by atoms with Crippen molar-refractivity contribution in [3.05, 3.63) is 53.0 Å². The molecule has 0 bridgehead atoms. The summed E-state index contributed by atoms with van der Waals surface area (Å²) in [5, 5.41) is 4.70. The van der Waals surface area contributed by atoms with Crippen LogP contribution in [0.1, 0.15) is 11.3 Å². The highest BCUT2D eigenvalue weighted by atomic mass is 32.1. The first-order valence-electron chi connectivity index (χ1n) is 5.95. The SMILES string of the molecule is Fc1ccc(NCc2cn3ccsc3n2)cc1C(F)(F)F. The van der Waals surface area contributed by atoms with Gasteiger partial charge in [0, 0.05) is 23.5 Å². The Kier molecular flexibility index (Phi) is 3.32. The topological polar surface area (TPSA) is 29.3 Å². The highest BCUT2D eigenvalue weighted by Gasteiger charge is 2.34. The predicted octanol–water partition coefficient (Wildman–Crippen LogP) is 4.17. The summed E-state index contributed by atoms with van der Waals surface area (Å²) in [5.41, 5.74) is -0.391. The predicted molar refractivity (Wildman–Crippen MR) is 71.8 cm³/mol. The lowest BCUT2D eigenvalue weighted by Crippen LogP contribution is -2.09. The van der Waals surface area contributed by atoms with Gasteiger partial charge in [-0.2, -0.15) is 13.2 Å². The van der Waals surface area contributed by atoms with Gasteiger partial charge >= 0.3 is 6.18 Å². The number of alkyl halides is 3. The summed E-state index contributed by atoms with van der Waals surface area (Å²) in [6, 6.07) is 2.83. The molecule has 0 amide bonds. The van der Waals surface area contributed by atoms with E-state index in [2.05, 4.69) is 10.3 Å². The van der Waals surface area contributed by atoms with Crippen LogP contribution < -0.4 is 5.32 Å². The van der Waals surface area contributed by atoms with Gasteiger partial charge in [0.1, 0.15) is 5.82 Å². The number of fused-ring (bicyclic) bond motifs is 1. The Labute approximate surface area is 120 Å². The Morgan fingerprint density at radius 3 is 2.81 bits per heavy atom. The molecule has 0 atom stereocenters. The van der Waals surface area contributed by atoms with Crippen LogP contribution in [0.15, 0.2) is 36.0 Å². The molecule has 1 aromatic carbocycles. The molecule has 0 spiro atoms. The van der Waals surface area contributed by atoms with Crippen LogP contribution in [-0.4, -0.2) is 9.38 Å². The van der Waals surface area contributed by atoms with E-state index in [1.807, 2.05) is 16.0 Å². The fourth-order valence-electron chi connectivity index (χ4n) is 1.91. The van der Waals surface area contributed by atoms with Crippen LogP contribution in [-0.2, 0) is 12.7 Å². The minimum absolute atomic E-state index is 0.195. The second-order valence-corrected chi connectivity index (χ2v) is 5.24. The molecule has 0 radical (unpaired) electrons. The number of halogens is 4. The highest BCUT2D eigenvalue weighted by molar-refractivity contribution is 7.15. The Morgan fingerprint density at radius 1 is 1.29 bits per heavy atom. The fourth-order valence-corrected chi connectivity index (χ4v) is 2.63. The highest BCUT2D eigenvalue weighted by Crippen LogP contribution is 2.33. The number of rotatable bonds is 3. The van der Waals surface area contributed by atoms with Gasteiger partial charge in [0.2, 0.25) is 0 Å². The normalized spacial score (nSPS) is 12.0. The van der Waals surface area contributed by atoms with Crippen LogP contribution in [0.2, 0.25) is 0 Å². The van der Waals surface area contributed by atoms with Crippen molar-refractivity contribution in [1.82, 2.24) is 9.38 Å². The molecule has 0 saturated carbocycles. The first-order valence-corrected chi connectivity index (χ1v) is 6.83. The third-order valence-electron chi connectivity index (χ3n) is 2.89. The molecule has 0 saturated heterocycles. The molecule has 3 rings (SSSR count). The average Bonchev–Trinajstić information content (AvgIpc) is 2.97. The molecule has 2 aromatic heterocycles. The summed E-state index contributed by atoms with van der Waals surface area (Å²) in [7, 11) is 0. The summed E-state index contributed by atoms with van der Waals surface area (Å²) in [6.45, 7) is 0.261. The summed E-state index contributed by atoms with van der Waals surface area (Å²) >= 11 is 1.46. The van der Waals surface area contributed by atoms with Gasteiger partial charge in [-0.15, -0.1) is 11.3 Å². The molecule has 0 unspecified atom stereocenters. The Bertz CT molecular complexity index is 747. The number of thiazole rings is 1. The molecular formula is C13H9F4N3S. The lowest BCUT2D eigenvalue weighted by molar-refractivity contribution is -0.139. The number of anilines is 1. The average molecular weight is 315 g/mol. The summed E-state index contributed by atoms with van der Waals surface area (Å²) in [5.74, 6) is -1.28. The van der Waals surface area contributed by atoms with Crippen molar-refractivity contribution in [1.29, 1.82) is 0 Å². The molecular weight excluding hydrogens is 306 g/mol. The van der Waals surface area contributed by atoms with Gasteiger partial charge in [0.05, 0.1) is 17.8 Å². The number of hydrogen-bond acceptors (Lipinski definition) is 3. The Morgan fingerprint density at radius 2 is 2.10 bits per heavy atom. The second kappa shape index (κ2) is 5.03. The van der Waals surface area contributed by atoms with E-state index in [0.29, 0.717) is 5.69 Å². The van der Waals surface area contributed by atoms with Gasteiger partial charge in [0.25, 0.3) is 0 Å². The van der Waals surface area contributed by atoms with Gasteiger partial charge in [0.15, 0.2) is 4.96 Å². The van der Waals surface area contributed by atoms with Gasteiger partial charge in [-0.1, -0.05) is 0 Å². The van der Waals surface area contributed by atoms with E-state index in [-0.39, 0.29) is 12.2 Å². The minimum Gasteiger partial charge on any atom is -0.379 e. The first kappa shape index (κ1) is 13.9. The zero-order valence-corrected chi connectivity index (χ0v) is 11.3. The fraction of sp³-hybridized carbons (Fsp3) is 0.154. The van der Waals surface area contributed by atoms with E-state index in [9.17, 15) is 17.6 Å². The van der Waals surface area contributed by atoms with Crippen molar-refractivity contribution in [3.63, 3.8) is 0 Å². The maximum absolute atomic E-state index is 13.2. The third-order valence-corrected chi connectivity index (χ3v) is 3.66. The number of nitrogens with zero attached hydrogens (tertiary/aromatic N) is 2. The van der Waals surface area contributed by atoms with E-state index in [1.165, 1.54) is 17.4 Å².